The second kappa shape index (κ2) is 8.55. The van der Waals surface area contributed by atoms with E-state index in [1.807, 2.05) is 30.9 Å². The molecule has 2 atom stereocenters. The van der Waals surface area contributed by atoms with Gasteiger partial charge in [0.15, 0.2) is 11.5 Å². The van der Waals surface area contributed by atoms with Gasteiger partial charge in [-0.1, -0.05) is 18.2 Å². The highest BCUT2D eigenvalue weighted by Gasteiger charge is 2.44. The van der Waals surface area contributed by atoms with Crippen molar-refractivity contribution in [2.45, 2.75) is 44.7 Å². The van der Waals surface area contributed by atoms with E-state index < -0.39 is 5.97 Å². The highest BCUT2D eigenvalue weighted by Crippen LogP contribution is 2.35. The smallest absolute Gasteiger partial charge is 0.337 e. The number of anilines is 2. The molecule has 2 fully saturated rings. The molecule has 3 aromatic rings. The Morgan fingerprint density at radius 3 is 2.80 bits per heavy atom. The molecular weight excluding hydrogens is 444 g/mol. The molecule has 0 bridgehead atoms. The number of hydrogen-bond donors (Lipinski definition) is 3. The van der Waals surface area contributed by atoms with Gasteiger partial charge in [0.1, 0.15) is 6.07 Å². The minimum Gasteiger partial charge on any atom is -0.478 e. The Kier molecular flexibility index (Phi) is 5.52. The molecule has 9 heteroatoms. The van der Waals surface area contributed by atoms with Gasteiger partial charge in [0.05, 0.1) is 28.2 Å². The van der Waals surface area contributed by atoms with Crippen molar-refractivity contribution in [1.29, 1.82) is 5.26 Å². The van der Waals surface area contributed by atoms with Gasteiger partial charge in [-0.05, 0) is 50.5 Å². The zero-order valence-corrected chi connectivity index (χ0v) is 19.6. The summed E-state index contributed by atoms with van der Waals surface area (Å²) in [5.41, 5.74) is 3.79. The summed E-state index contributed by atoms with van der Waals surface area (Å²) in [7, 11) is 0. The largest absolute Gasteiger partial charge is 0.478 e. The lowest BCUT2D eigenvalue weighted by atomic mass is 9.97. The van der Waals surface area contributed by atoms with Gasteiger partial charge in [0, 0.05) is 30.8 Å². The zero-order valence-electron chi connectivity index (χ0n) is 19.6. The van der Waals surface area contributed by atoms with Crippen LogP contribution in [-0.2, 0) is 4.79 Å². The highest BCUT2D eigenvalue weighted by atomic mass is 16.4. The number of aryl methyl sites for hydroxylation is 1. The van der Waals surface area contributed by atoms with Crippen molar-refractivity contribution in [3.63, 3.8) is 0 Å². The molecule has 2 aliphatic rings. The molecule has 2 aromatic carbocycles. The molecule has 1 spiro atoms. The predicted molar refractivity (Wildman–Crippen MR) is 131 cm³/mol. The van der Waals surface area contributed by atoms with Gasteiger partial charge in [-0.15, -0.1) is 0 Å². The monoisotopic (exact) mass is 470 g/mol. The SMILES string of the molecule is Cc1cc([C@@H](C)Nc2ccccc2C(=O)O)c2nc(N3CCC4(CCC(=O)N4)C3)c(C#N)nc2c1. The van der Waals surface area contributed by atoms with Crippen LogP contribution < -0.4 is 15.5 Å². The number of amides is 1. The zero-order chi connectivity index (χ0) is 24.7. The number of rotatable bonds is 5. The Morgan fingerprint density at radius 1 is 1.29 bits per heavy atom. The molecule has 3 heterocycles. The maximum Gasteiger partial charge on any atom is 0.337 e. The van der Waals surface area contributed by atoms with E-state index in [-0.39, 0.29) is 28.7 Å². The second-order valence-corrected chi connectivity index (χ2v) is 9.45. The summed E-state index contributed by atoms with van der Waals surface area (Å²) in [6.45, 7) is 5.17. The highest BCUT2D eigenvalue weighted by molar-refractivity contribution is 5.94. The van der Waals surface area contributed by atoms with E-state index in [4.69, 9.17) is 4.98 Å². The Bertz CT molecular complexity index is 1400. The van der Waals surface area contributed by atoms with Gasteiger partial charge >= 0.3 is 5.97 Å². The van der Waals surface area contributed by atoms with Gasteiger partial charge in [0.2, 0.25) is 5.91 Å². The number of nitrogens with one attached hydrogen (secondary N) is 2. The summed E-state index contributed by atoms with van der Waals surface area (Å²) in [5.74, 6) is -0.422. The van der Waals surface area contributed by atoms with E-state index >= 15 is 0 Å². The van der Waals surface area contributed by atoms with Gasteiger partial charge in [-0.3, -0.25) is 4.79 Å². The number of carbonyl (C=O) groups excluding carboxylic acids is 1. The molecule has 1 aromatic heterocycles. The normalized spacial score (nSPS) is 20.1. The van der Waals surface area contributed by atoms with Crippen molar-refractivity contribution in [3.8, 4) is 6.07 Å². The molecule has 0 radical (unpaired) electrons. The predicted octanol–water partition coefficient (Wildman–Crippen LogP) is 3.54. The molecule has 1 unspecified atom stereocenters. The Labute approximate surface area is 202 Å². The first-order chi connectivity index (χ1) is 16.8. The Morgan fingerprint density at radius 2 is 2.09 bits per heavy atom. The van der Waals surface area contributed by atoms with Crippen molar-refractivity contribution in [1.82, 2.24) is 15.3 Å². The molecule has 9 nitrogen and oxygen atoms in total. The van der Waals surface area contributed by atoms with Crippen LogP contribution in [0, 0.1) is 18.3 Å². The summed E-state index contributed by atoms with van der Waals surface area (Å²) in [5, 5.41) is 25.8. The van der Waals surface area contributed by atoms with Gasteiger partial charge in [-0.25, -0.2) is 14.8 Å². The fourth-order valence-corrected chi connectivity index (χ4v) is 5.19. The first-order valence-corrected chi connectivity index (χ1v) is 11.7. The lowest BCUT2D eigenvalue weighted by Gasteiger charge is -2.25. The number of aromatic nitrogens is 2. The van der Waals surface area contributed by atoms with Gasteiger partial charge in [0.25, 0.3) is 0 Å². The molecule has 0 saturated carbocycles. The van der Waals surface area contributed by atoms with Crippen LogP contribution in [0.2, 0.25) is 0 Å². The van der Waals surface area contributed by atoms with E-state index in [2.05, 4.69) is 21.7 Å². The van der Waals surface area contributed by atoms with Crippen molar-refractivity contribution in [2.75, 3.05) is 23.3 Å². The van der Waals surface area contributed by atoms with Crippen molar-refractivity contribution >= 4 is 34.4 Å². The van der Waals surface area contributed by atoms with E-state index in [9.17, 15) is 20.0 Å². The molecule has 0 aliphatic carbocycles. The summed E-state index contributed by atoms with van der Waals surface area (Å²) >= 11 is 0. The molecule has 2 saturated heterocycles. The number of nitrogens with zero attached hydrogens (tertiary/aromatic N) is 4. The first-order valence-electron chi connectivity index (χ1n) is 11.7. The summed E-state index contributed by atoms with van der Waals surface area (Å²) < 4.78 is 0. The fraction of sp³-hybridized carbons (Fsp3) is 0.346. The summed E-state index contributed by atoms with van der Waals surface area (Å²) in [6.07, 6.45) is 2.10. The summed E-state index contributed by atoms with van der Waals surface area (Å²) in [6, 6.07) is 12.6. The average Bonchev–Trinajstić information content (AvgIpc) is 3.42. The first kappa shape index (κ1) is 22.6. The van der Waals surface area contributed by atoms with Gasteiger partial charge in [-0.2, -0.15) is 5.26 Å². The lowest BCUT2D eigenvalue weighted by Crippen LogP contribution is -2.44. The standard InChI is InChI=1S/C26H26N6O3/c1-15-11-18(16(2)28-19-6-4-3-5-17(19)25(34)35)23-20(12-15)29-21(13-27)24(30-23)32-10-9-26(14-32)8-7-22(33)31-26/h3-6,11-12,16,28H,7-10,14H2,1-2H3,(H,31,33)(H,34,35)/t16-,26?/m1/s1. The quantitative estimate of drug-likeness (QED) is 0.516. The van der Waals surface area contributed by atoms with E-state index in [0.717, 1.165) is 24.0 Å². The van der Waals surface area contributed by atoms with Crippen molar-refractivity contribution in [2.24, 2.45) is 0 Å². The number of carbonyl (C=O) groups is 2. The third kappa shape index (κ3) is 4.12. The average molecular weight is 471 g/mol. The van der Waals surface area contributed by atoms with E-state index in [1.54, 1.807) is 24.3 Å². The third-order valence-corrected chi connectivity index (χ3v) is 6.92. The number of para-hydroxylation sites is 1. The maximum absolute atomic E-state index is 11.9. The summed E-state index contributed by atoms with van der Waals surface area (Å²) in [4.78, 5) is 35.2. The Hall–Kier alpha value is -4.19. The number of hydrogen-bond acceptors (Lipinski definition) is 7. The minimum absolute atomic E-state index is 0.0660. The van der Waals surface area contributed by atoms with Crippen LogP contribution in [0.15, 0.2) is 36.4 Å². The molecule has 35 heavy (non-hydrogen) atoms. The van der Waals surface area contributed by atoms with Crippen LogP contribution in [-0.4, -0.2) is 45.6 Å². The fourth-order valence-electron chi connectivity index (χ4n) is 5.19. The molecule has 5 rings (SSSR count). The number of carboxylic acid groups (broad SMARTS) is 1. The van der Waals surface area contributed by atoms with Crippen LogP contribution in [0.1, 0.15) is 59.4 Å². The number of fused-ring (bicyclic) bond motifs is 1. The lowest BCUT2D eigenvalue weighted by molar-refractivity contribution is -0.119. The van der Waals surface area contributed by atoms with Crippen LogP contribution in [0.3, 0.4) is 0 Å². The molecular formula is C26H26N6O3. The van der Waals surface area contributed by atoms with Crippen LogP contribution in [0.4, 0.5) is 11.5 Å². The minimum atomic E-state index is -1.00. The third-order valence-electron chi connectivity index (χ3n) is 6.92. The molecule has 178 valence electrons. The number of carboxylic acids is 1. The van der Waals surface area contributed by atoms with Gasteiger partial charge < -0.3 is 20.6 Å². The van der Waals surface area contributed by atoms with E-state index in [1.165, 1.54) is 0 Å². The molecule has 2 aliphatic heterocycles. The van der Waals surface area contributed by atoms with Crippen LogP contribution >= 0.6 is 0 Å². The Balaban J connectivity index is 1.55. The maximum atomic E-state index is 11.9. The van der Waals surface area contributed by atoms with Crippen molar-refractivity contribution < 1.29 is 14.7 Å². The topological polar surface area (TPSA) is 131 Å². The number of aromatic carboxylic acids is 1. The van der Waals surface area contributed by atoms with Crippen LogP contribution in [0.25, 0.3) is 11.0 Å². The van der Waals surface area contributed by atoms with E-state index in [0.29, 0.717) is 42.0 Å². The van der Waals surface area contributed by atoms with Crippen molar-refractivity contribution in [3.05, 3.63) is 58.8 Å². The number of nitriles is 1. The molecule has 1 amide bonds. The molecule has 3 N–H and O–H groups in total. The second-order valence-electron chi connectivity index (χ2n) is 9.45. The van der Waals surface area contributed by atoms with Crippen LogP contribution in [0.5, 0.6) is 0 Å². The number of benzene rings is 2.